The number of aliphatic imine (C=N–C) groups is 2. The molecule has 0 saturated carbocycles. The van der Waals surface area contributed by atoms with Crippen molar-refractivity contribution in [3.63, 3.8) is 0 Å². The normalized spacial score (nSPS) is 16.5. The molecule has 1 aliphatic rings. The minimum Gasteiger partial charge on any atom is -0.313 e. The van der Waals surface area contributed by atoms with Crippen LogP contribution in [0.2, 0.25) is 0 Å². The van der Waals surface area contributed by atoms with Gasteiger partial charge in [0.2, 0.25) is 0 Å². The number of hydrogen-bond donors (Lipinski definition) is 1. The van der Waals surface area contributed by atoms with Crippen LogP contribution in [0.25, 0.3) is 0 Å². The number of amidine groups is 1. The van der Waals surface area contributed by atoms with Gasteiger partial charge in [0, 0.05) is 11.6 Å². The smallest absolute Gasteiger partial charge is 0.155 e. The fourth-order valence-corrected chi connectivity index (χ4v) is 3.15. The van der Waals surface area contributed by atoms with Crippen molar-refractivity contribution in [3.8, 4) is 0 Å². The fraction of sp³-hybridized carbons (Fsp3) is 0.333. The van der Waals surface area contributed by atoms with Gasteiger partial charge in [0.15, 0.2) is 5.84 Å². The molecule has 2 aromatic carbocycles. The Morgan fingerprint density at radius 1 is 1.00 bits per heavy atom. The fourth-order valence-electron chi connectivity index (χ4n) is 3.15. The summed E-state index contributed by atoms with van der Waals surface area (Å²) in [5.41, 5.74) is 4.60. The van der Waals surface area contributed by atoms with Crippen molar-refractivity contribution in [2.45, 2.75) is 26.3 Å². The Kier molecular flexibility index (Phi) is 5.21. The minimum absolute atomic E-state index is 0.387. The first-order chi connectivity index (χ1) is 11.7. The summed E-state index contributed by atoms with van der Waals surface area (Å²) in [6, 6.07) is 19.3. The zero-order valence-corrected chi connectivity index (χ0v) is 14.7. The van der Waals surface area contributed by atoms with E-state index >= 15 is 0 Å². The molecule has 124 valence electrons. The molecule has 1 heterocycles. The van der Waals surface area contributed by atoms with E-state index in [2.05, 4.69) is 60.6 Å². The maximum Gasteiger partial charge on any atom is 0.155 e. The van der Waals surface area contributed by atoms with E-state index in [0.29, 0.717) is 18.5 Å². The third kappa shape index (κ3) is 3.46. The van der Waals surface area contributed by atoms with Crippen LogP contribution in [-0.2, 0) is 0 Å². The molecule has 24 heavy (non-hydrogen) atoms. The molecule has 2 unspecified atom stereocenters. The van der Waals surface area contributed by atoms with Gasteiger partial charge in [-0.1, -0.05) is 74.9 Å². The standard InChI is InChI=1S/C21H25N3/c1-4-15(2)20(22-3)17-10-12-18(13-11-17)21-23-14-19(24-21)16-8-6-5-7-9-16/h5-13,15,20,22H,4,14H2,1-3H3. The Morgan fingerprint density at radius 3 is 2.33 bits per heavy atom. The third-order valence-corrected chi connectivity index (χ3v) is 4.78. The van der Waals surface area contributed by atoms with Gasteiger partial charge >= 0.3 is 0 Å². The van der Waals surface area contributed by atoms with E-state index in [4.69, 9.17) is 4.99 Å². The van der Waals surface area contributed by atoms with Crippen LogP contribution in [0.4, 0.5) is 0 Å². The van der Waals surface area contributed by atoms with Gasteiger partial charge in [-0.15, -0.1) is 0 Å². The highest BCUT2D eigenvalue weighted by Gasteiger charge is 2.17. The van der Waals surface area contributed by atoms with Gasteiger partial charge in [-0.05, 0) is 24.1 Å². The maximum atomic E-state index is 4.73. The van der Waals surface area contributed by atoms with Crippen LogP contribution >= 0.6 is 0 Å². The number of rotatable bonds is 6. The van der Waals surface area contributed by atoms with Crippen molar-refractivity contribution < 1.29 is 0 Å². The topological polar surface area (TPSA) is 36.8 Å². The lowest BCUT2D eigenvalue weighted by Gasteiger charge is -2.23. The van der Waals surface area contributed by atoms with Crippen LogP contribution < -0.4 is 5.32 Å². The van der Waals surface area contributed by atoms with Crippen LogP contribution in [-0.4, -0.2) is 25.1 Å². The molecule has 0 saturated heterocycles. The average Bonchev–Trinajstić information content (AvgIpc) is 3.13. The second-order valence-corrected chi connectivity index (χ2v) is 6.34. The Balaban J connectivity index is 1.78. The molecule has 0 bridgehead atoms. The highest BCUT2D eigenvalue weighted by molar-refractivity contribution is 6.17. The average molecular weight is 319 g/mol. The monoisotopic (exact) mass is 319 g/mol. The van der Waals surface area contributed by atoms with Gasteiger partial charge in [-0.2, -0.15) is 0 Å². The molecule has 0 radical (unpaired) electrons. The third-order valence-electron chi connectivity index (χ3n) is 4.78. The van der Waals surface area contributed by atoms with Gasteiger partial charge in [-0.3, -0.25) is 4.99 Å². The molecule has 0 aliphatic carbocycles. The van der Waals surface area contributed by atoms with Crippen LogP contribution in [0.5, 0.6) is 0 Å². The zero-order chi connectivity index (χ0) is 16.9. The summed E-state index contributed by atoms with van der Waals surface area (Å²) >= 11 is 0. The van der Waals surface area contributed by atoms with E-state index in [1.54, 1.807) is 0 Å². The van der Waals surface area contributed by atoms with Crippen molar-refractivity contribution in [1.29, 1.82) is 0 Å². The number of benzene rings is 2. The molecule has 2 aromatic rings. The highest BCUT2D eigenvalue weighted by atomic mass is 15.0. The van der Waals surface area contributed by atoms with E-state index < -0.39 is 0 Å². The molecule has 0 aromatic heterocycles. The van der Waals surface area contributed by atoms with E-state index in [1.165, 1.54) is 5.56 Å². The predicted octanol–water partition coefficient (Wildman–Crippen LogP) is 4.24. The van der Waals surface area contributed by atoms with Crippen molar-refractivity contribution in [3.05, 3.63) is 71.3 Å². The highest BCUT2D eigenvalue weighted by Crippen LogP contribution is 2.24. The molecule has 2 atom stereocenters. The SMILES string of the molecule is CCC(C)C(NC)c1ccc(C2=NCC(c3ccccc3)=N2)cc1. The van der Waals surface area contributed by atoms with Gasteiger partial charge in [-0.25, -0.2) is 4.99 Å². The first kappa shape index (κ1) is 16.6. The van der Waals surface area contributed by atoms with E-state index in [1.807, 2.05) is 25.2 Å². The molecule has 1 N–H and O–H groups in total. The van der Waals surface area contributed by atoms with E-state index in [0.717, 1.165) is 29.1 Å². The number of nitrogens with zero attached hydrogens (tertiary/aromatic N) is 2. The number of hydrogen-bond acceptors (Lipinski definition) is 3. The molecular weight excluding hydrogens is 294 g/mol. The summed E-state index contributed by atoms with van der Waals surface area (Å²) in [5.74, 6) is 1.44. The molecule has 3 heteroatoms. The van der Waals surface area contributed by atoms with Gasteiger partial charge in [0.25, 0.3) is 0 Å². The summed E-state index contributed by atoms with van der Waals surface area (Å²) in [4.78, 5) is 9.33. The van der Waals surface area contributed by atoms with Crippen LogP contribution in [0.3, 0.4) is 0 Å². The van der Waals surface area contributed by atoms with Crippen molar-refractivity contribution in [2.75, 3.05) is 13.6 Å². The Labute approximate surface area is 144 Å². The quantitative estimate of drug-likeness (QED) is 0.849. The lowest BCUT2D eigenvalue weighted by molar-refractivity contribution is 0.400. The van der Waals surface area contributed by atoms with Crippen LogP contribution in [0.15, 0.2) is 64.6 Å². The largest absolute Gasteiger partial charge is 0.313 e. The van der Waals surface area contributed by atoms with Crippen LogP contribution in [0, 0.1) is 5.92 Å². The van der Waals surface area contributed by atoms with E-state index in [9.17, 15) is 0 Å². The second-order valence-electron chi connectivity index (χ2n) is 6.34. The maximum absolute atomic E-state index is 4.73. The molecular formula is C21H25N3. The summed E-state index contributed by atoms with van der Waals surface area (Å²) in [7, 11) is 2.03. The van der Waals surface area contributed by atoms with Crippen molar-refractivity contribution >= 4 is 11.5 Å². The van der Waals surface area contributed by atoms with Gasteiger partial charge < -0.3 is 5.32 Å². The predicted molar refractivity (Wildman–Crippen MR) is 102 cm³/mol. The van der Waals surface area contributed by atoms with Gasteiger partial charge in [0.1, 0.15) is 0 Å². The Bertz CT molecular complexity index is 729. The summed E-state index contributed by atoms with van der Waals surface area (Å²) in [5, 5.41) is 3.43. The zero-order valence-electron chi connectivity index (χ0n) is 14.7. The molecule has 0 fully saturated rings. The summed E-state index contributed by atoms with van der Waals surface area (Å²) < 4.78 is 0. The van der Waals surface area contributed by atoms with Gasteiger partial charge in [0.05, 0.1) is 12.3 Å². The first-order valence-corrected chi connectivity index (χ1v) is 8.68. The molecule has 1 aliphatic heterocycles. The summed E-state index contributed by atoms with van der Waals surface area (Å²) in [6.07, 6.45) is 1.16. The molecule has 3 rings (SSSR count). The molecule has 0 amide bonds. The van der Waals surface area contributed by atoms with Crippen LogP contribution in [0.1, 0.15) is 43.0 Å². The van der Waals surface area contributed by atoms with Crippen molar-refractivity contribution in [1.82, 2.24) is 5.32 Å². The first-order valence-electron chi connectivity index (χ1n) is 8.68. The van der Waals surface area contributed by atoms with E-state index in [-0.39, 0.29) is 0 Å². The molecule has 0 spiro atoms. The van der Waals surface area contributed by atoms with Crippen molar-refractivity contribution in [2.24, 2.45) is 15.9 Å². The lowest BCUT2D eigenvalue weighted by atomic mass is 9.92. The summed E-state index contributed by atoms with van der Waals surface area (Å²) in [6.45, 7) is 5.18. The lowest BCUT2D eigenvalue weighted by Crippen LogP contribution is -2.23. The minimum atomic E-state index is 0.387. The second kappa shape index (κ2) is 7.54. The Hall–Kier alpha value is -2.26. The Morgan fingerprint density at radius 2 is 1.71 bits per heavy atom. The molecule has 3 nitrogen and oxygen atoms in total. The number of nitrogens with one attached hydrogen (secondary N) is 1.